The number of para-hydroxylation sites is 1. The largest absolute Gasteiger partial charge is 0.490 e. The van der Waals surface area contributed by atoms with Gasteiger partial charge in [-0.15, -0.1) is 0 Å². The van der Waals surface area contributed by atoms with Gasteiger partial charge >= 0.3 is 6.09 Å². The Morgan fingerprint density at radius 1 is 0.825 bits per heavy atom. The molecule has 57 heavy (non-hydrogen) atoms. The van der Waals surface area contributed by atoms with Crippen LogP contribution in [0.5, 0.6) is 11.5 Å². The third-order valence-corrected chi connectivity index (χ3v) is 16.7. The number of halogens is 3. The molecule has 8 nitrogen and oxygen atoms in total. The number of carbonyl (C=O) groups excluding carboxylic acids is 2. The first kappa shape index (κ1) is 42.6. The first-order valence-electron chi connectivity index (χ1n) is 19.4. The van der Waals surface area contributed by atoms with Crippen LogP contribution in [-0.2, 0) is 27.1 Å². The highest BCUT2D eigenvalue weighted by Crippen LogP contribution is 2.40. The van der Waals surface area contributed by atoms with E-state index in [2.05, 4.69) is 33.9 Å². The van der Waals surface area contributed by atoms with Crippen molar-refractivity contribution in [2.45, 2.75) is 83.4 Å². The molecule has 12 heteroatoms. The molecule has 302 valence electrons. The number of benzene rings is 4. The zero-order valence-electron chi connectivity index (χ0n) is 33.2. The van der Waals surface area contributed by atoms with E-state index >= 15 is 0 Å². The Labute approximate surface area is 352 Å². The van der Waals surface area contributed by atoms with Gasteiger partial charge in [-0.25, -0.2) is 4.79 Å². The van der Waals surface area contributed by atoms with Gasteiger partial charge in [-0.1, -0.05) is 122 Å². The summed E-state index contributed by atoms with van der Waals surface area (Å²) in [4.78, 5) is 32.7. The van der Waals surface area contributed by atoms with E-state index in [-0.39, 0.29) is 36.2 Å². The van der Waals surface area contributed by atoms with Crippen LogP contribution in [0.15, 0.2) is 103 Å². The second-order valence-corrected chi connectivity index (χ2v) is 22.1. The summed E-state index contributed by atoms with van der Waals surface area (Å²) in [5.74, 6) is 1.11. The van der Waals surface area contributed by atoms with Crippen molar-refractivity contribution in [3.8, 4) is 11.5 Å². The van der Waals surface area contributed by atoms with E-state index in [4.69, 9.17) is 53.4 Å². The molecule has 1 saturated carbocycles. The summed E-state index contributed by atoms with van der Waals surface area (Å²) in [5, 5.41) is 1.36. The van der Waals surface area contributed by atoms with Gasteiger partial charge in [0.05, 0.1) is 34.3 Å². The standard InChI is InChI=1S/C45H51Cl3N2O6Si/c1-45(2,3)57(4,5)56-30-35-26-37(32-18-22-36(23-19-32)53-24-25-54-41-17-10-9-15-39(41)46)38(28-50(35)44(52)55-29-31-12-7-6-8-13-31)43(51)49(34-20-21-34)27-33-14-11-16-40(47)42(33)48/h6-19,22-23,34-35H,20-21,24-30H2,1-5H3. The number of amides is 2. The van der Waals surface area contributed by atoms with Crippen LogP contribution in [-0.4, -0.2) is 68.6 Å². The lowest BCUT2D eigenvalue weighted by atomic mass is 9.88. The van der Waals surface area contributed by atoms with Gasteiger partial charge in [0, 0.05) is 18.2 Å². The van der Waals surface area contributed by atoms with Crippen molar-refractivity contribution in [1.82, 2.24) is 9.80 Å². The van der Waals surface area contributed by atoms with Gasteiger partial charge in [0.1, 0.15) is 31.3 Å². The smallest absolute Gasteiger partial charge is 0.410 e. The van der Waals surface area contributed by atoms with E-state index in [1.165, 1.54) is 0 Å². The Hall–Kier alpha value is -3.99. The minimum Gasteiger partial charge on any atom is -0.490 e. The number of nitrogens with zero attached hydrogens (tertiary/aromatic N) is 2. The van der Waals surface area contributed by atoms with Gasteiger partial charge < -0.3 is 23.5 Å². The van der Waals surface area contributed by atoms with Crippen LogP contribution in [0.25, 0.3) is 5.57 Å². The van der Waals surface area contributed by atoms with Crippen LogP contribution in [0.3, 0.4) is 0 Å². The number of carbonyl (C=O) groups is 2. The molecule has 1 aliphatic heterocycles. The fourth-order valence-electron chi connectivity index (χ4n) is 6.44. The lowest BCUT2D eigenvalue weighted by Gasteiger charge is -2.42. The lowest BCUT2D eigenvalue weighted by molar-refractivity contribution is -0.128. The summed E-state index contributed by atoms with van der Waals surface area (Å²) in [6.45, 7) is 12.4. The molecule has 6 rings (SSSR count). The normalized spacial score (nSPS) is 16.0. The van der Waals surface area contributed by atoms with E-state index in [9.17, 15) is 9.59 Å². The highest BCUT2D eigenvalue weighted by atomic mass is 35.5. The molecule has 4 aromatic carbocycles. The fraction of sp³-hybridized carbons (Fsp3) is 0.378. The molecule has 1 heterocycles. The van der Waals surface area contributed by atoms with Gasteiger partial charge in [-0.3, -0.25) is 9.69 Å². The van der Waals surface area contributed by atoms with E-state index in [0.717, 1.165) is 35.1 Å². The van der Waals surface area contributed by atoms with Gasteiger partial charge in [0.2, 0.25) is 0 Å². The van der Waals surface area contributed by atoms with Gasteiger partial charge in [-0.05, 0) is 90.0 Å². The Morgan fingerprint density at radius 2 is 1.49 bits per heavy atom. The minimum absolute atomic E-state index is 0.0410. The second kappa shape index (κ2) is 18.7. The van der Waals surface area contributed by atoms with Gasteiger partial charge in [0.15, 0.2) is 8.32 Å². The number of hydrogen-bond acceptors (Lipinski definition) is 6. The highest BCUT2D eigenvalue weighted by Gasteiger charge is 2.43. The molecule has 0 saturated heterocycles. The molecule has 0 aromatic heterocycles. The monoisotopic (exact) mass is 848 g/mol. The predicted molar refractivity (Wildman–Crippen MR) is 231 cm³/mol. The van der Waals surface area contributed by atoms with Crippen molar-refractivity contribution in [3.63, 3.8) is 0 Å². The zero-order valence-corrected chi connectivity index (χ0v) is 36.5. The molecule has 1 unspecified atom stereocenters. The molecule has 2 amide bonds. The molecular weight excluding hydrogens is 799 g/mol. The number of rotatable bonds is 15. The quantitative estimate of drug-likeness (QED) is 0.0876. The molecule has 4 aromatic rings. The van der Waals surface area contributed by atoms with Crippen LogP contribution < -0.4 is 9.47 Å². The van der Waals surface area contributed by atoms with E-state index in [0.29, 0.717) is 64.9 Å². The van der Waals surface area contributed by atoms with Gasteiger partial charge in [-0.2, -0.15) is 0 Å². The third-order valence-electron chi connectivity index (χ3n) is 11.0. The number of ether oxygens (including phenoxy) is 3. The molecule has 1 fully saturated rings. The lowest BCUT2D eigenvalue weighted by Crippen LogP contribution is -2.52. The minimum atomic E-state index is -2.22. The number of hydrogen-bond donors (Lipinski definition) is 0. The van der Waals surface area contributed by atoms with Crippen molar-refractivity contribution in [3.05, 3.63) is 134 Å². The molecule has 0 bridgehead atoms. The molecular formula is C45H51Cl3N2O6Si. The average Bonchev–Trinajstić information content (AvgIpc) is 4.04. The Balaban J connectivity index is 1.32. The Bertz CT molecular complexity index is 2050. The first-order chi connectivity index (χ1) is 27.2. The molecule has 1 aliphatic carbocycles. The maximum absolute atomic E-state index is 15.0. The van der Waals surface area contributed by atoms with E-state index in [1.54, 1.807) is 17.0 Å². The summed E-state index contributed by atoms with van der Waals surface area (Å²) in [6, 6.07) is 29.8. The summed E-state index contributed by atoms with van der Waals surface area (Å²) < 4.78 is 24.5. The molecule has 0 radical (unpaired) electrons. The molecule has 1 atom stereocenters. The highest BCUT2D eigenvalue weighted by molar-refractivity contribution is 6.74. The van der Waals surface area contributed by atoms with Crippen LogP contribution in [0, 0.1) is 0 Å². The summed E-state index contributed by atoms with van der Waals surface area (Å²) >= 11 is 19.3. The topological polar surface area (TPSA) is 77.5 Å². The van der Waals surface area contributed by atoms with Crippen molar-refractivity contribution in [2.75, 3.05) is 26.4 Å². The van der Waals surface area contributed by atoms with Crippen molar-refractivity contribution >= 4 is 60.7 Å². The summed E-state index contributed by atoms with van der Waals surface area (Å²) in [6.07, 6.45) is 1.65. The van der Waals surface area contributed by atoms with Gasteiger partial charge in [0.25, 0.3) is 5.91 Å². The molecule has 2 aliphatic rings. The zero-order chi connectivity index (χ0) is 40.7. The van der Waals surface area contributed by atoms with E-state index in [1.807, 2.05) is 89.8 Å². The van der Waals surface area contributed by atoms with Crippen molar-refractivity contribution in [1.29, 1.82) is 0 Å². The summed E-state index contributed by atoms with van der Waals surface area (Å²) in [7, 11) is -2.22. The Kier molecular flexibility index (Phi) is 14.0. The molecule has 0 N–H and O–H groups in total. The van der Waals surface area contributed by atoms with Crippen molar-refractivity contribution < 1.29 is 28.2 Å². The van der Waals surface area contributed by atoms with Crippen LogP contribution in [0.2, 0.25) is 33.2 Å². The Morgan fingerprint density at radius 3 is 2.18 bits per heavy atom. The van der Waals surface area contributed by atoms with Crippen LogP contribution in [0.4, 0.5) is 4.79 Å². The maximum Gasteiger partial charge on any atom is 0.410 e. The summed E-state index contributed by atoms with van der Waals surface area (Å²) in [5.41, 5.74) is 3.89. The van der Waals surface area contributed by atoms with E-state index < -0.39 is 14.4 Å². The SMILES string of the molecule is CC(C)(C)[Si](C)(C)OCC1CC(c2ccc(OCCOc3ccccc3Cl)cc2)=C(C(=O)N(Cc2cccc(Cl)c2Cl)C2CC2)CN1C(=O)OCc1ccccc1. The predicted octanol–water partition coefficient (Wildman–Crippen LogP) is 11.5. The average molecular weight is 850 g/mol. The fourth-order valence-corrected chi connectivity index (χ4v) is 8.06. The van der Waals surface area contributed by atoms with Crippen LogP contribution >= 0.6 is 34.8 Å². The van der Waals surface area contributed by atoms with Crippen LogP contribution in [0.1, 0.15) is 56.7 Å². The molecule has 0 spiro atoms. The van der Waals surface area contributed by atoms with Crippen molar-refractivity contribution in [2.24, 2.45) is 0 Å². The maximum atomic E-state index is 15.0. The second-order valence-electron chi connectivity index (χ2n) is 16.1. The first-order valence-corrected chi connectivity index (χ1v) is 23.4. The third kappa shape index (κ3) is 10.9.